The van der Waals surface area contributed by atoms with Gasteiger partial charge in [0.1, 0.15) is 0 Å². The lowest BCUT2D eigenvalue weighted by Crippen LogP contribution is -2.38. The molecule has 1 atom stereocenters. The van der Waals surface area contributed by atoms with Gasteiger partial charge in [0, 0.05) is 31.2 Å². The van der Waals surface area contributed by atoms with Gasteiger partial charge in [0.05, 0.1) is 4.90 Å². The molecule has 6 nitrogen and oxygen atoms in total. The molecular weight excluding hydrogens is 302 g/mol. The fourth-order valence-electron chi connectivity index (χ4n) is 2.42. The van der Waals surface area contributed by atoms with Gasteiger partial charge in [-0.3, -0.25) is 4.79 Å². The summed E-state index contributed by atoms with van der Waals surface area (Å²) in [5.41, 5.74) is 5.81. The Morgan fingerprint density at radius 2 is 2.00 bits per heavy atom. The van der Waals surface area contributed by atoms with Gasteiger partial charge in [-0.25, -0.2) is 8.42 Å². The number of carbonyl (C=O) groups excluding carboxylic acids is 1. The zero-order valence-corrected chi connectivity index (χ0v) is 13.6. The summed E-state index contributed by atoms with van der Waals surface area (Å²) in [5, 5.41) is 2.73. The van der Waals surface area contributed by atoms with Gasteiger partial charge < -0.3 is 11.1 Å². The Hall–Kier alpha value is -1.44. The molecule has 3 N–H and O–H groups in total. The molecule has 1 saturated heterocycles. The number of hydrogen-bond acceptors (Lipinski definition) is 4. The van der Waals surface area contributed by atoms with E-state index in [1.165, 1.54) is 16.4 Å². The number of amides is 1. The molecule has 0 aromatic heterocycles. The molecule has 1 amide bonds. The van der Waals surface area contributed by atoms with Crippen molar-refractivity contribution in [2.24, 2.45) is 5.73 Å². The van der Waals surface area contributed by atoms with Crippen molar-refractivity contribution in [3.05, 3.63) is 29.8 Å². The summed E-state index contributed by atoms with van der Waals surface area (Å²) < 4.78 is 26.7. The third-order valence-electron chi connectivity index (χ3n) is 3.78. The maximum atomic E-state index is 12.6. The van der Waals surface area contributed by atoms with Crippen molar-refractivity contribution in [1.29, 1.82) is 0 Å². The van der Waals surface area contributed by atoms with Crippen molar-refractivity contribution in [1.82, 2.24) is 9.62 Å². The van der Waals surface area contributed by atoms with Gasteiger partial charge in [-0.05, 0) is 38.0 Å². The molecule has 1 fully saturated rings. The Labute approximate surface area is 131 Å². The first-order valence-electron chi connectivity index (χ1n) is 7.56. The summed E-state index contributed by atoms with van der Waals surface area (Å²) >= 11 is 0. The smallest absolute Gasteiger partial charge is 0.251 e. The Morgan fingerprint density at radius 1 is 1.32 bits per heavy atom. The predicted molar refractivity (Wildman–Crippen MR) is 85.0 cm³/mol. The van der Waals surface area contributed by atoms with E-state index in [0.717, 1.165) is 19.3 Å². The van der Waals surface area contributed by atoms with Crippen LogP contribution in [0.25, 0.3) is 0 Å². The average molecular weight is 325 g/mol. The standard InChI is InChI=1S/C15H23N3O3S/c1-12(11-16)17-15(19)13-6-5-7-14(10-13)22(20,21)18-8-3-2-4-9-18/h5-7,10,12H,2-4,8-9,11,16H2,1H3,(H,17,19)/t12-/m0/s1. The van der Waals surface area contributed by atoms with Crippen LogP contribution in [0, 0.1) is 0 Å². The second-order valence-electron chi connectivity index (χ2n) is 5.60. The summed E-state index contributed by atoms with van der Waals surface area (Å²) in [5.74, 6) is -0.311. The normalized spacial score (nSPS) is 17.9. The van der Waals surface area contributed by atoms with Gasteiger partial charge in [-0.1, -0.05) is 12.5 Å². The maximum Gasteiger partial charge on any atom is 0.251 e. The van der Waals surface area contributed by atoms with Crippen LogP contribution in [0.5, 0.6) is 0 Å². The Kier molecular flexibility index (Phi) is 5.55. The highest BCUT2D eigenvalue weighted by Gasteiger charge is 2.26. The average Bonchev–Trinajstić information content (AvgIpc) is 2.55. The molecule has 0 unspecified atom stereocenters. The minimum Gasteiger partial charge on any atom is -0.348 e. The van der Waals surface area contributed by atoms with E-state index in [1.807, 2.05) is 0 Å². The third kappa shape index (κ3) is 3.85. The van der Waals surface area contributed by atoms with E-state index in [2.05, 4.69) is 5.32 Å². The quantitative estimate of drug-likeness (QED) is 0.842. The molecule has 1 heterocycles. The van der Waals surface area contributed by atoms with Crippen LogP contribution in [-0.4, -0.2) is 44.3 Å². The summed E-state index contributed by atoms with van der Waals surface area (Å²) in [6.07, 6.45) is 2.83. The maximum absolute atomic E-state index is 12.6. The molecule has 1 aromatic carbocycles. The van der Waals surface area contributed by atoms with Crippen LogP contribution in [0.4, 0.5) is 0 Å². The van der Waals surface area contributed by atoms with Crippen molar-refractivity contribution >= 4 is 15.9 Å². The van der Waals surface area contributed by atoms with Gasteiger partial charge in [0.2, 0.25) is 10.0 Å². The number of nitrogens with one attached hydrogen (secondary N) is 1. The Morgan fingerprint density at radius 3 is 2.64 bits per heavy atom. The van der Waals surface area contributed by atoms with E-state index in [9.17, 15) is 13.2 Å². The number of piperidine rings is 1. The number of benzene rings is 1. The molecule has 1 aromatic rings. The largest absolute Gasteiger partial charge is 0.348 e. The lowest BCUT2D eigenvalue weighted by molar-refractivity contribution is 0.0941. The molecule has 7 heteroatoms. The summed E-state index contributed by atoms with van der Waals surface area (Å²) in [4.78, 5) is 12.3. The minimum atomic E-state index is -3.52. The highest BCUT2D eigenvalue weighted by molar-refractivity contribution is 7.89. The first kappa shape index (κ1) is 16.9. The second-order valence-corrected chi connectivity index (χ2v) is 7.54. The molecule has 0 aliphatic carbocycles. The van der Waals surface area contributed by atoms with Crippen molar-refractivity contribution in [3.63, 3.8) is 0 Å². The molecule has 1 aliphatic rings. The Bertz CT molecular complexity index is 625. The van der Waals surface area contributed by atoms with E-state index in [-0.39, 0.29) is 16.8 Å². The lowest BCUT2D eigenvalue weighted by Gasteiger charge is -2.26. The van der Waals surface area contributed by atoms with E-state index in [1.54, 1.807) is 19.1 Å². The first-order valence-corrected chi connectivity index (χ1v) is 9.00. The van der Waals surface area contributed by atoms with Gasteiger partial charge in [0.25, 0.3) is 5.91 Å². The van der Waals surface area contributed by atoms with Crippen molar-refractivity contribution in [2.75, 3.05) is 19.6 Å². The molecule has 0 bridgehead atoms. The molecule has 122 valence electrons. The van der Waals surface area contributed by atoms with Crippen LogP contribution in [0.1, 0.15) is 36.5 Å². The van der Waals surface area contributed by atoms with Gasteiger partial charge in [-0.15, -0.1) is 0 Å². The lowest BCUT2D eigenvalue weighted by atomic mass is 10.2. The van der Waals surface area contributed by atoms with E-state index in [0.29, 0.717) is 25.2 Å². The van der Waals surface area contributed by atoms with E-state index in [4.69, 9.17) is 5.73 Å². The topological polar surface area (TPSA) is 92.5 Å². The number of carbonyl (C=O) groups is 1. The number of nitrogens with two attached hydrogens (primary N) is 1. The highest BCUT2D eigenvalue weighted by atomic mass is 32.2. The van der Waals surface area contributed by atoms with Crippen molar-refractivity contribution < 1.29 is 13.2 Å². The number of rotatable bonds is 5. The van der Waals surface area contributed by atoms with Crippen LogP contribution in [0.15, 0.2) is 29.2 Å². The van der Waals surface area contributed by atoms with Crippen LogP contribution < -0.4 is 11.1 Å². The van der Waals surface area contributed by atoms with Crippen LogP contribution in [-0.2, 0) is 10.0 Å². The highest BCUT2D eigenvalue weighted by Crippen LogP contribution is 2.21. The van der Waals surface area contributed by atoms with Gasteiger partial charge >= 0.3 is 0 Å². The molecule has 0 spiro atoms. The zero-order valence-electron chi connectivity index (χ0n) is 12.8. The molecule has 2 rings (SSSR count). The van der Waals surface area contributed by atoms with Crippen LogP contribution in [0.3, 0.4) is 0 Å². The zero-order chi connectivity index (χ0) is 16.2. The van der Waals surface area contributed by atoms with Crippen LogP contribution >= 0.6 is 0 Å². The van der Waals surface area contributed by atoms with Crippen molar-refractivity contribution in [3.8, 4) is 0 Å². The molecule has 0 radical (unpaired) electrons. The first-order chi connectivity index (χ1) is 10.4. The van der Waals surface area contributed by atoms with E-state index < -0.39 is 10.0 Å². The van der Waals surface area contributed by atoms with E-state index >= 15 is 0 Å². The van der Waals surface area contributed by atoms with Gasteiger partial charge in [0.15, 0.2) is 0 Å². The fraction of sp³-hybridized carbons (Fsp3) is 0.533. The number of hydrogen-bond donors (Lipinski definition) is 2. The Balaban J connectivity index is 2.22. The number of sulfonamides is 1. The molecule has 0 saturated carbocycles. The monoisotopic (exact) mass is 325 g/mol. The molecular formula is C15H23N3O3S. The summed E-state index contributed by atoms with van der Waals surface area (Å²) in [7, 11) is -3.52. The minimum absolute atomic E-state index is 0.158. The second kappa shape index (κ2) is 7.21. The van der Waals surface area contributed by atoms with Crippen molar-refractivity contribution in [2.45, 2.75) is 37.1 Å². The predicted octanol–water partition coefficient (Wildman–Crippen LogP) is 0.938. The number of nitrogens with zero attached hydrogens (tertiary/aromatic N) is 1. The molecule has 22 heavy (non-hydrogen) atoms. The summed E-state index contributed by atoms with van der Waals surface area (Å²) in [6.45, 7) is 3.22. The SMILES string of the molecule is C[C@@H](CN)NC(=O)c1cccc(S(=O)(=O)N2CCCCC2)c1. The van der Waals surface area contributed by atoms with Gasteiger partial charge in [-0.2, -0.15) is 4.31 Å². The summed E-state index contributed by atoms with van der Waals surface area (Å²) in [6, 6.07) is 6.01. The third-order valence-corrected chi connectivity index (χ3v) is 5.67. The van der Waals surface area contributed by atoms with Crippen LogP contribution in [0.2, 0.25) is 0 Å². The fourth-order valence-corrected chi connectivity index (χ4v) is 3.98. The molecule has 1 aliphatic heterocycles.